The Labute approximate surface area is 161 Å². The molecule has 1 fully saturated rings. The fourth-order valence-electron chi connectivity index (χ4n) is 3.37. The maximum absolute atomic E-state index is 12.5. The number of hydrogen-bond acceptors (Lipinski definition) is 4. The van der Waals surface area contributed by atoms with Crippen LogP contribution in [0.3, 0.4) is 0 Å². The summed E-state index contributed by atoms with van der Waals surface area (Å²) in [7, 11) is 1.69. The van der Waals surface area contributed by atoms with Gasteiger partial charge in [0.2, 0.25) is 5.91 Å². The Hall–Kier alpha value is -2.69. The zero-order valence-corrected chi connectivity index (χ0v) is 16.4. The summed E-state index contributed by atoms with van der Waals surface area (Å²) in [6.07, 6.45) is 0.405. The van der Waals surface area contributed by atoms with E-state index in [0.29, 0.717) is 13.0 Å². The van der Waals surface area contributed by atoms with E-state index in [9.17, 15) is 4.79 Å². The van der Waals surface area contributed by atoms with Gasteiger partial charge in [-0.1, -0.05) is 24.3 Å². The van der Waals surface area contributed by atoms with E-state index < -0.39 is 0 Å². The molecule has 0 aromatic heterocycles. The lowest BCUT2D eigenvalue weighted by atomic mass is 10.1. The highest BCUT2D eigenvalue weighted by Crippen LogP contribution is 2.28. The van der Waals surface area contributed by atoms with Gasteiger partial charge in [-0.2, -0.15) is 0 Å². The van der Waals surface area contributed by atoms with Crippen LogP contribution in [0.2, 0.25) is 0 Å². The molecule has 1 heterocycles. The largest absolute Gasteiger partial charge is 0.495 e. The van der Waals surface area contributed by atoms with E-state index >= 15 is 0 Å². The zero-order valence-electron chi connectivity index (χ0n) is 16.4. The molecule has 0 bridgehead atoms. The third-order valence-electron chi connectivity index (χ3n) is 5.19. The normalized spacial score (nSPS) is 14.2. The molecule has 0 saturated carbocycles. The predicted molar refractivity (Wildman–Crippen MR) is 108 cm³/mol. The first-order valence-electron chi connectivity index (χ1n) is 9.45. The second kappa shape index (κ2) is 8.80. The van der Waals surface area contributed by atoms with Crippen LogP contribution in [0.15, 0.2) is 42.5 Å². The van der Waals surface area contributed by atoms with Gasteiger partial charge >= 0.3 is 0 Å². The minimum Gasteiger partial charge on any atom is -0.495 e. The van der Waals surface area contributed by atoms with Crippen LogP contribution in [0.5, 0.6) is 11.5 Å². The molecule has 5 heteroatoms. The molecule has 1 amide bonds. The molecule has 0 atom stereocenters. The summed E-state index contributed by atoms with van der Waals surface area (Å²) in [4.78, 5) is 16.7. The topological polar surface area (TPSA) is 42.0 Å². The molecule has 0 aliphatic carbocycles. The summed E-state index contributed by atoms with van der Waals surface area (Å²) < 4.78 is 11.3. The van der Waals surface area contributed by atoms with E-state index in [1.54, 1.807) is 7.11 Å². The number of para-hydroxylation sites is 2. The molecular formula is C22H28N2O3. The third-order valence-corrected chi connectivity index (χ3v) is 5.19. The summed E-state index contributed by atoms with van der Waals surface area (Å²) in [5, 5.41) is 0. The van der Waals surface area contributed by atoms with Gasteiger partial charge in [-0.05, 0) is 43.2 Å². The van der Waals surface area contributed by atoms with Gasteiger partial charge in [0, 0.05) is 26.2 Å². The number of carbonyl (C=O) groups excluding carboxylic acids is 1. The Morgan fingerprint density at radius 3 is 2.41 bits per heavy atom. The van der Waals surface area contributed by atoms with Gasteiger partial charge in [-0.25, -0.2) is 0 Å². The smallest absolute Gasteiger partial charge is 0.226 e. The van der Waals surface area contributed by atoms with Crippen LogP contribution < -0.4 is 14.4 Å². The van der Waals surface area contributed by atoms with Crippen molar-refractivity contribution in [2.75, 3.05) is 44.8 Å². The summed E-state index contributed by atoms with van der Waals surface area (Å²) in [5.41, 5.74) is 3.42. The number of amides is 1. The summed E-state index contributed by atoms with van der Waals surface area (Å²) >= 11 is 0. The van der Waals surface area contributed by atoms with E-state index in [2.05, 4.69) is 24.0 Å². The molecule has 27 heavy (non-hydrogen) atoms. The highest BCUT2D eigenvalue weighted by molar-refractivity contribution is 5.76. The molecule has 0 spiro atoms. The third kappa shape index (κ3) is 4.54. The van der Waals surface area contributed by atoms with Crippen molar-refractivity contribution in [2.24, 2.45) is 0 Å². The van der Waals surface area contributed by atoms with Gasteiger partial charge in [-0.15, -0.1) is 0 Å². The van der Waals surface area contributed by atoms with Crippen molar-refractivity contribution in [3.05, 3.63) is 53.6 Å². The van der Waals surface area contributed by atoms with Crippen molar-refractivity contribution in [2.45, 2.75) is 20.3 Å². The van der Waals surface area contributed by atoms with Crippen LogP contribution in [0.1, 0.15) is 17.5 Å². The first-order valence-corrected chi connectivity index (χ1v) is 9.45. The minimum absolute atomic E-state index is 0.153. The van der Waals surface area contributed by atoms with Crippen molar-refractivity contribution in [3.8, 4) is 11.5 Å². The molecular weight excluding hydrogens is 340 g/mol. The number of ether oxygens (including phenoxy) is 2. The van der Waals surface area contributed by atoms with Gasteiger partial charge in [0.15, 0.2) is 0 Å². The fraction of sp³-hybridized carbons (Fsp3) is 0.409. The number of rotatable bonds is 6. The molecule has 2 aromatic rings. The van der Waals surface area contributed by atoms with Crippen molar-refractivity contribution >= 4 is 11.6 Å². The predicted octanol–water partition coefficient (Wildman–Crippen LogP) is 3.43. The molecule has 2 aromatic carbocycles. The second-order valence-electron chi connectivity index (χ2n) is 6.84. The summed E-state index contributed by atoms with van der Waals surface area (Å²) in [5.74, 6) is 1.89. The number of nitrogens with zero attached hydrogens (tertiary/aromatic N) is 2. The van der Waals surface area contributed by atoms with Crippen molar-refractivity contribution in [1.82, 2.24) is 4.90 Å². The first kappa shape index (κ1) is 19.1. The highest BCUT2D eigenvalue weighted by Gasteiger charge is 2.22. The summed E-state index contributed by atoms with van der Waals surface area (Å²) in [6, 6.07) is 14.0. The highest BCUT2D eigenvalue weighted by atomic mass is 16.5. The van der Waals surface area contributed by atoms with Crippen LogP contribution in [0, 0.1) is 13.8 Å². The molecule has 0 N–H and O–H groups in total. The molecule has 144 valence electrons. The van der Waals surface area contributed by atoms with Crippen molar-refractivity contribution in [3.63, 3.8) is 0 Å². The van der Waals surface area contributed by atoms with Crippen LogP contribution in [0.4, 0.5) is 5.69 Å². The van der Waals surface area contributed by atoms with Gasteiger partial charge in [0.25, 0.3) is 0 Å². The van der Waals surface area contributed by atoms with Gasteiger partial charge in [-0.3, -0.25) is 4.79 Å². The van der Waals surface area contributed by atoms with E-state index in [-0.39, 0.29) is 5.91 Å². The van der Waals surface area contributed by atoms with Gasteiger partial charge < -0.3 is 19.3 Å². The molecule has 3 rings (SSSR count). The molecule has 1 saturated heterocycles. The molecule has 1 aliphatic heterocycles. The molecule has 0 unspecified atom stereocenters. The van der Waals surface area contributed by atoms with Crippen molar-refractivity contribution in [1.29, 1.82) is 0 Å². The lowest BCUT2D eigenvalue weighted by Crippen LogP contribution is -2.49. The number of aryl methyl sites for hydroxylation is 1. The fourth-order valence-corrected chi connectivity index (χ4v) is 3.37. The maximum Gasteiger partial charge on any atom is 0.226 e. The number of anilines is 1. The molecule has 1 aliphatic rings. The Morgan fingerprint density at radius 1 is 0.963 bits per heavy atom. The number of methoxy groups -OCH3 is 1. The van der Waals surface area contributed by atoms with Gasteiger partial charge in [0.05, 0.1) is 25.8 Å². The van der Waals surface area contributed by atoms with Crippen molar-refractivity contribution < 1.29 is 14.3 Å². The monoisotopic (exact) mass is 368 g/mol. The number of piperazine rings is 1. The van der Waals surface area contributed by atoms with E-state index in [0.717, 1.165) is 48.9 Å². The van der Waals surface area contributed by atoms with E-state index in [1.807, 2.05) is 42.2 Å². The van der Waals surface area contributed by atoms with Crippen LogP contribution in [-0.2, 0) is 4.79 Å². The first-order chi connectivity index (χ1) is 13.1. The lowest BCUT2D eigenvalue weighted by Gasteiger charge is -2.36. The number of hydrogen-bond donors (Lipinski definition) is 0. The van der Waals surface area contributed by atoms with E-state index in [4.69, 9.17) is 9.47 Å². The Bertz CT molecular complexity index is 783. The molecule has 5 nitrogen and oxygen atoms in total. The van der Waals surface area contributed by atoms with Crippen LogP contribution in [0.25, 0.3) is 0 Å². The Balaban J connectivity index is 1.48. The SMILES string of the molecule is COc1ccccc1N1CCN(C(=O)CCOc2cccc(C)c2C)CC1. The quantitative estimate of drug-likeness (QED) is 0.783. The standard InChI is InChI=1S/C22H28N2O3/c1-17-7-6-10-20(18(17)2)27-16-11-22(25)24-14-12-23(13-15-24)19-8-4-5-9-21(19)26-3/h4-10H,11-16H2,1-3H3. The van der Waals surface area contributed by atoms with Gasteiger partial charge in [0.1, 0.15) is 11.5 Å². The number of carbonyl (C=O) groups is 1. The second-order valence-corrected chi connectivity index (χ2v) is 6.84. The molecule has 0 radical (unpaired) electrons. The van der Waals surface area contributed by atoms with Crippen LogP contribution in [-0.4, -0.2) is 50.7 Å². The average Bonchev–Trinajstić information content (AvgIpc) is 2.71. The number of benzene rings is 2. The zero-order chi connectivity index (χ0) is 19.2. The maximum atomic E-state index is 12.5. The summed E-state index contributed by atoms with van der Waals surface area (Å²) in [6.45, 7) is 7.59. The average molecular weight is 368 g/mol. The Kier molecular flexibility index (Phi) is 6.22. The lowest BCUT2D eigenvalue weighted by molar-refractivity contribution is -0.132. The minimum atomic E-state index is 0.153. The Morgan fingerprint density at radius 2 is 1.67 bits per heavy atom. The van der Waals surface area contributed by atoms with E-state index in [1.165, 1.54) is 5.56 Å². The van der Waals surface area contributed by atoms with Crippen LogP contribution >= 0.6 is 0 Å².